The van der Waals surface area contributed by atoms with Crippen molar-refractivity contribution >= 4 is 17.3 Å². The van der Waals surface area contributed by atoms with Gasteiger partial charge in [0.1, 0.15) is 5.56 Å². The molecule has 4 rings (SSSR count). The molecule has 0 bridgehead atoms. The van der Waals surface area contributed by atoms with Gasteiger partial charge in [0.15, 0.2) is 0 Å². The van der Waals surface area contributed by atoms with Crippen molar-refractivity contribution in [2.45, 2.75) is 0 Å². The van der Waals surface area contributed by atoms with E-state index >= 15 is 0 Å². The highest BCUT2D eigenvalue weighted by molar-refractivity contribution is 6.10. The molecule has 0 unspecified atom stereocenters. The van der Waals surface area contributed by atoms with Crippen molar-refractivity contribution in [1.29, 1.82) is 0 Å². The lowest BCUT2D eigenvalue weighted by molar-refractivity contribution is 0.102. The van der Waals surface area contributed by atoms with Gasteiger partial charge in [0.2, 0.25) is 0 Å². The van der Waals surface area contributed by atoms with Crippen molar-refractivity contribution in [1.82, 2.24) is 9.78 Å². The Balaban J connectivity index is 1.88. The van der Waals surface area contributed by atoms with Crippen LogP contribution in [0.3, 0.4) is 0 Å². The maximum atomic E-state index is 13.4. The predicted octanol–water partition coefficient (Wildman–Crippen LogP) is 4.43. The van der Waals surface area contributed by atoms with Crippen LogP contribution in [0.25, 0.3) is 22.4 Å². The summed E-state index contributed by atoms with van der Waals surface area (Å²) in [6.45, 7) is 0. The zero-order valence-electron chi connectivity index (χ0n) is 18.2. The molecule has 0 fully saturated rings. The Bertz CT molecular complexity index is 1300. The second-order valence-electron chi connectivity index (χ2n) is 7.65. The molecule has 3 aromatic carbocycles. The summed E-state index contributed by atoms with van der Waals surface area (Å²) in [7, 11) is 5.46. The third kappa shape index (κ3) is 4.16. The minimum atomic E-state index is -0.471. The molecule has 1 heterocycles. The normalized spacial score (nSPS) is 10.6. The Hall–Kier alpha value is -4.19. The third-order valence-corrected chi connectivity index (χ3v) is 5.22. The molecule has 160 valence electrons. The van der Waals surface area contributed by atoms with Crippen LogP contribution in [0.2, 0.25) is 0 Å². The highest BCUT2D eigenvalue weighted by atomic mass is 16.2. The quantitative estimate of drug-likeness (QED) is 0.515. The summed E-state index contributed by atoms with van der Waals surface area (Å²) in [5.74, 6) is -0.471. The first kappa shape index (κ1) is 21.1. The van der Waals surface area contributed by atoms with E-state index in [2.05, 4.69) is 10.4 Å². The van der Waals surface area contributed by atoms with Crippen LogP contribution in [0.15, 0.2) is 89.7 Å². The van der Waals surface area contributed by atoms with Gasteiger partial charge in [-0.05, 0) is 29.8 Å². The van der Waals surface area contributed by atoms with Crippen molar-refractivity contribution in [3.8, 4) is 22.4 Å². The molecule has 0 spiro atoms. The number of amides is 1. The van der Waals surface area contributed by atoms with Crippen LogP contribution in [0.1, 0.15) is 10.4 Å². The number of aryl methyl sites for hydroxylation is 1. The molecule has 32 heavy (non-hydrogen) atoms. The second-order valence-corrected chi connectivity index (χ2v) is 7.65. The molecule has 0 saturated carbocycles. The summed E-state index contributed by atoms with van der Waals surface area (Å²) in [6, 6.07) is 26.4. The van der Waals surface area contributed by atoms with E-state index in [1.165, 1.54) is 4.68 Å². The fourth-order valence-electron chi connectivity index (χ4n) is 3.56. The van der Waals surface area contributed by atoms with E-state index in [4.69, 9.17) is 0 Å². The summed E-state index contributed by atoms with van der Waals surface area (Å²) < 4.78 is 1.22. The van der Waals surface area contributed by atoms with Gasteiger partial charge in [-0.15, -0.1) is 0 Å². The van der Waals surface area contributed by atoms with Gasteiger partial charge >= 0.3 is 0 Å². The lowest BCUT2D eigenvalue weighted by atomic mass is 9.95. The minimum Gasteiger partial charge on any atom is -0.378 e. The molecule has 1 aromatic heterocycles. The molecule has 0 aliphatic rings. The van der Waals surface area contributed by atoms with Gasteiger partial charge in [-0.25, -0.2) is 4.68 Å². The van der Waals surface area contributed by atoms with Crippen molar-refractivity contribution < 1.29 is 4.79 Å². The van der Waals surface area contributed by atoms with E-state index in [0.29, 0.717) is 16.9 Å². The SMILES string of the molecule is CN(C)c1ccc(NC(=O)c2c(-c3ccccc3)c(-c3ccccc3)nn(C)c2=O)cc1. The third-order valence-electron chi connectivity index (χ3n) is 5.22. The van der Waals surface area contributed by atoms with Crippen LogP contribution in [-0.2, 0) is 7.05 Å². The molecule has 0 aliphatic heterocycles. The molecule has 0 radical (unpaired) electrons. The fourth-order valence-corrected chi connectivity index (χ4v) is 3.56. The first-order chi connectivity index (χ1) is 15.5. The summed E-state index contributed by atoms with van der Waals surface area (Å²) in [5, 5.41) is 7.40. The first-order valence-electron chi connectivity index (χ1n) is 10.3. The maximum Gasteiger partial charge on any atom is 0.280 e. The molecular weight excluding hydrogens is 400 g/mol. The van der Waals surface area contributed by atoms with Gasteiger partial charge < -0.3 is 10.2 Å². The average molecular weight is 425 g/mol. The summed E-state index contributed by atoms with van der Waals surface area (Å²) in [4.78, 5) is 28.6. The Morgan fingerprint density at radius 2 is 1.41 bits per heavy atom. The predicted molar refractivity (Wildman–Crippen MR) is 129 cm³/mol. The molecule has 0 saturated heterocycles. The lowest BCUT2D eigenvalue weighted by Crippen LogP contribution is -2.31. The number of anilines is 2. The van der Waals surface area contributed by atoms with E-state index < -0.39 is 11.5 Å². The molecular formula is C26H24N4O2. The Morgan fingerprint density at radius 3 is 1.97 bits per heavy atom. The minimum absolute atomic E-state index is 0.0595. The number of nitrogens with one attached hydrogen (secondary N) is 1. The number of nitrogens with zero attached hydrogens (tertiary/aromatic N) is 3. The van der Waals surface area contributed by atoms with E-state index in [1.807, 2.05) is 104 Å². The number of hydrogen-bond donors (Lipinski definition) is 1. The van der Waals surface area contributed by atoms with Gasteiger partial charge in [-0.3, -0.25) is 9.59 Å². The maximum absolute atomic E-state index is 13.4. The summed E-state index contributed by atoms with van der Waals surface area (Å²) in [5.41, 5.74) is 3.90. The smallest absolute Gasteiger partial charge is 0.280 e. The van der Waals surface area contributed by atoms with Crippen LogP contribution < -0.4 is 15.8 Å². The van der Waals surface area contributed by atoms with Crippen LogP contribution in [0, 0.1) is 0 Å². The standard InChI is InChI=1S/C26H24N4O2/c1-29(2)21-16-14-20(15-17-21)27-25(31)23-22(18-10-6-4-7-11-18)24(28-30(3)26(23)32)19-12-8-5-9-13-19/h4-17H,1-3H3,(H,27,31). The zero-order valence-corrected chi connectivity index (χ0v) is 18.2. The summed E-state index contributed by atoms with van der Waals surface area (Å²) in [6.07, 6.45) is 0. The van der Waals surface area contributed by atoms with E-state index in [-0.39, 0.29) is 5.56 Å². The van der Waals surface area contributed by atoms with Crippen LogP contribution >= 0.6 is 0 Å². The highest BCUT2D eigenvalue weighted by Crippen LogP contribution is 2.32. The molecule has 4 aromatic rings. The van der Waals surface area contributed by atoms with E-state index in [0.717, 1.165) is 16.8 Å². The number of carbonyl (C=O) groups is 1. The lowest BCUT2D eigenvalue weighted by Gasteiger charge is -2.16. The molecule has 6 heteroatoms. The second kappa shape index (κ2) is 8.89. The van der Waals surface area contributed by atoms with Crippen molar-refractivity contribution in [3.05, 3.63) is 101 Å². The van der Waals surface area contributed by atoms with Crippen molar-refractivity contribution in [2.75, 3.05) is 24.3 Å². The topological polar surface area (TPSA) is 67.2 Å². The van der Waals surface area contributed by atoms with Gasteiger partial charge in [0.05, 0.1) is 5.69 Å². The monoisotopic (exact) mass is 424 g/mol. The van der Waals surface area contributed by atoms with Gasteiger partial charge in [0, 0.05) is 43.6 Å². The fraction of sp³-hybridized carbons (Fsp3) is 0.115. The van der Waals surface area contributed by atoms with Gasteiger partial charge in [0.25, 0.3) is 11.5 Å². The van der Waals surface area contributed by atoms with E-state index in [1.54, 1.807) is 7.05 Å². The van der Waals surface area contributed by atoms with Crippen molar-refractivity contribution in [3.63, 3.8) is 0 Å². The first-order valence-corrected chi connectivity index (χ1v) is 10.3. The molecule has 0 atom stereocenters. The van der Waals surface area contributed by atoms with Crippen LogP contribution in [0.5, 0.6) is 0 Å². The van der Waals surface area contributed by atoms with E-state index in [9.17, 15) is 9.59 Å². The number of rotatable bonds is 5. The van der Waals surface area contributed by atoms with Gasteiger partial charge in [-0.2, -0.15) is 5.10 Å². The number of carbonyl (C=O) groups excluding carboxylic acids is 1. The largest absolute Gasteiger partial charge is 0.378 e. The van der Waals surface area contributed by atoms with Crippen LogP contribution in [0.4, 0.5) is 11.4 Å². The number of hydrogen-bond acceptors (Lipinski definition) is 4. The molecule has 1 N–H and O–H groups in total. The summed E-state index contributed by atoms with van der Waals surface area (Å²) >= 11 is 0. The Morgan fingerprint density at radius 1 is 0.844 bits per heavy atom. The van der Waals surface area contributed by atoms with Crippen LogP contribution in [-0.4, -0.2) is 29.8 Å². The molecule has 1 amide bonds. The van der Waals surface area contributed by atoms with Crippen molar-refractivity contribution in [2.24, 2.45) is 7.05 Å². The van der Waals surface area contributed by atoms with Gasteiger partial charge in [-0.1, -0.05) is 60.7 Å². The Kier molecular flexibility index (Phi) is 5.85. The molecule has 6 nitrogen and oxygen atoms in total. The number of aromatic nitrogens is 2. The highest BCUT2D eigenvalue weighted by Gasteiger charge is 2.24. The Labute approximate surface area is 186 Å². The molecule has 0 aliphatic carbocycles. The number of benzene rings is 3. The zero-order chi connectivity index (χ0) is 22.7. The average Bonchev–Trinajstić information content (AvgIpc) is 2.81.